The molecule has 1 aromatic rings. The van der Waals surface area contributed by atoms with Crippen LogP contribution in [0.5, 0.6) is 0 Å². The number of hydrogen-bond acceptors (Lipinski definition) is 4. The van der Waals surface area contributed by atoms with E-state index in [1.807, 2.05) is 19.1 Å². The zero-order chi connectivity index (χ0) is 13.7. The standard InChI is InChI=1S/C14H21N3O2/c1-11-3-4-12(9-13(11)15)16-14(18)10-17-5-2-7-19-8-6-17/h3-4,9H,2,5-8,10,15H2,1H3,(H,16,18). The van der Waals surface area contributed by atoms with Gasteiger partial charge in [-0.2, -0.15) is 0 Å². The Balaban J connectivity index is 1.87. The van der Waals surface area contributed by atoms with Gasteiger partial charge in [-0.1, -0.05) is 6.07 Å². The predicted octanol–water partition coefficient (Wildman–Crippen LogP) is 1.24. The third kappa shape index (κ3) is 4.22. The van der Waals surface area contributed by atoms with Crippen molar-refractivity contribution in [1.82, 2.24) is 4.90 Å². The van der Waals surface area contributed by atoms with Crippen molar-refractivity contribution in [3.63, 3.8) is 0 Å². The smallest absolute Gasteiger partial charge is 0.238 e. The quantitative estimate of drug-likeness (QED) is 0.805. The molecule has 0 unspecified atom stereocenters. The van der Waals surface area contributed by atoms with Gasteiger partial charge in [-0.3, -0.25) is 9.69 Å². The molecule has 5 heteroatoms. The van der Waals surface area contributed by atoms with Crippen LogP contribution in [-0.4, -0.2) is 43.7 Å². The summed E-state index contributed by atoms with van der Waals surface area (Å²) in [6.45, 7) is 5.54. The number of hydrogen-bond donors (Lipinski definition) is 2. The molecule has 1 aliphatic heterocycles. The molecular weight excluding hydrogens is 242 g/mol. The first-order valence-electron chi connectivity index (χ1n) is 6.61. The van der Waals surface area contributed by atoms with E-state index < -0.39 is 0 Å². The van der Waals surface area contributed by atoms with Crippen LogP contribution in [0.3, 0.4) is 0 Å². The van der Waals surface area contributed by atoms with Crippen LogP contribution in [0.2, 0.25) is 0 Å². The van der Waals surface area contributed by atoms with Crippen molar-refractivity contribution in [2.24, 2.45) is 0 Å². The molecule has 104 valence electrons. The summed E-state index contributed by atoms with van der Waals surface area (Å²) in [5.41, 5.74) is 8.28. The molecule has 0 aliphatic carbocycles. The van der Waals surface area contributed by atoms with E-state index in [0.29, 0.717) is 18.8 Å². The number of anilines is 2. The summed E-state index contributed by atoms with van der Waals surface area (Å²) >= 11 is 0. The summed E-state index contributed by atoms with van der Waals surface area (Å²) in [7, 11) is 0. The van der Waals surface area contributed by atoms with Crippen LogP contribution >= 0.6 is 0 Å². The van der Waals surface area contributed by atoms with Crippen LogP contribution in [0.25, 0.3) is 0 Å². The number of nitrogens with one attached hydrogen (secondary N) is 1. The molecule has 3 N–H and O–H groups in total. The van der Waals surface area contributed by atoms with Gasteiger partial charge in [-0.05, 0) is 31.0 Å². The number of nitrogens with zero attached hydrogens (tertiary/aromatic N) is 1. The van der Waals surface area contributed by atoms with Crippen molar-refractivity contribution in [2.75, 3.05) is 43.9 Å². The lowest BCUT2D eigenvalue weighted by atomic mass is 10.2. The van der Waals surface area contributed by atoms with Crippen LogP contribution < -0.4 is 11.1 Å². The summed E-state index contributed by atoms with van der Waals surface area (Å²) in [6.07, 6.45) is 0.977. The molecular formula is C14H21N3O2. The molecule has 1 heterocycles. The summed E-state index contributed by atoms with van der Waals surface area (Å²) < 4.78 is 5.36. The van der Waals surface area contributed by atoms with Crippen LogP contribution in [0.4, 0.5) is 11.4 Å². The maximum absolute atomic E-state index is 12.0. The van der Waals surface area contributed by atoms with E-state index in [-0.39, 0.29) is 5.91 Å². The molecule has 0 radical (unpaired) electrons. The Hall–Kier alpha value is -1.59. The van der Waals surface area contributed by atoms with Crippen LogP contribution in [0, 0.1) is 6.92 Å². The highest BCUT2D eigenvalue weighted by Crippen LogP contribution is 2.16. The molecule has 1 saturated heterocycles. The van der Waals surface area contributed by atoms with Gasteiger partial charge in [0.1, 0.15) is 0 Å². The minimum absolute atomic E-state index is 0.00912. The number of amides is 1. The first-order valence-corrected chi connectivity index (χ1v) is 6.61. The Kier molecular flexibility index (Phi) is 4.76. The Bertz CT molecular complexity index is 440. The van der Waals surface area contributed by atoms with Crippen LogP contribution in [0.1, 0.15) is 12.0 Å². The molecule has 1 fully saturated rings. The average molecular weight is 263 g/mol. The lowest BCUT2D eigenvalue weighted by Crippen LogP contribution is -2.34. The third-order valence-electron chi connectivity index (χ3n) is 3.25. The number of carbonyl (C=O) groups excluding carboxylic acids is 1. The molecule has 0 saturated carbocycles. The van der Waals surface area contributed by atoms with E-state index in [9.17, 15) is 4.79 Å². The van der Waals surface area contributed by atoms with E-state index >= 15 is 0 Å². The highest BCUT2D eigenvalue weighted by Gasteiger charge is 2.13. The van der Waals surface area contributed by atoms with Crippen molar-refractivity contribution < 1.29 is 9.53 Å². The molecule has 5 nitrogen and oxygen atoms in total. The van der Waals surface area contributed by atoms with Gasteiger partial charge < -0.3 is 15.8 Å². The molecule has 0 bridgehead atoms. The first kappa shape index (κ1) is 13.8. The Morgan fingerprint density at radius 1 is 1.42 bits per heavy atom. The minimum Gasteiger partial charge on any atom is -0.398 e. The Labute approximate surface area is 113 Å². The zero-order valence-corrected chi connectivity index (χ0v) is 11.3. The molecule has 1 amide bonds. The molecule has 2 rings (SSSR count). The maximum Gasteiger partial charge on any atom is 0.238 e. The second-order valence-electron chi connectivity index (χ2n) is 4.86. The molecule has 1 aliphatic rings. The monoisotopic (exact) mass is 263 g/mol. The van der Waals surface area contributed by atoms with Crippen molar-refractivity contribution in [3.05, 3.63) is 23.8 Å². The minimum atomic E-state index is -0.00912. The van der Waals surface area contributed by atoms with Crippen LogP contribution in [-0.2, 0) is 9.53 Å². The molecule has 0 atom stereocenters. The SMILES string of the molecule is Cc1ccc(NC(=O)CN2CCCOCC2)cc1N. The summed E-state index contributed by atoms with van der Waals surface area (Å²) in [4.78, 5) is 14.1. The number of carbonyl (C=O) groups is 1. The van der Waals surface area contributed by atoms with E-state index in [4.69, 9.17) is 10.5 Å². The van der Waals surface area contributed by atoms with E-state index in [1.54, 1.807) is 6.07 Å². The lowest BCUT2D eigenvalue weighted by Gasteiger charge is -2.18. The topological polar surface area (TPSA) is 67.6 Å². The van der Waals surface area contributed by atoms with E-state index in [2.05, 4.69) is 10.2 Å². The number of aryl methyl sites for hydroxylation is 1. The predicted molar refractivity (Wildman–Crippen MR) is 76.1 cm³/mol. The number of rotatable bonds is 3. The van der Waals surface area contributed by atoms with Gasteiger partial charge in [0.15, 0.2) is 0 Å². The fourth-order valence-electron chi connectivity index (χ4n) is 2.08. The molecule has 19 heavy (non-hydrogen) atoms. The fraction of sp³-hybridized carbons (Fsp3) is 0.500. The Morgan fingerprint density at radius 2 is 2.26 bits per heavy atom. The highest BCUT2D eigenvalue weighted by atomic mass is 16.5. The van der Waals surface area contributed by atoms with Gasteiger partial charge >= 0.3 is 0 Å². The highest BCUT2D eigenvalue weighted by molar-refractivity contribution is 5.92. The summed E-state index contributed by atoms with van der Waals surface area (Å²) in [5.74, 6) is -0.00912. The van der Waals surface area contributed by atoms with E-state index in [0.717, 1.165) is 37.4 Å². The molecule has 0 spiro atoms. The summed E-state index contributed by atoms with van der Waals surface area (Å²) in [6, 6.07) is 5.57. The first-order chi connectivity index (χ1) is 9.15. The lowest BCUT2D eigenvalue weighted by molar-refractivity contribution is -0.117. The molecule has 1 aromatic carbocycles. The summed E-state index contributed by atoms with van der Waals surface area (Å²) in [5, 5.41) is 2.88. The number of nitrogen functional groups attached to an aromatic ring is 1. The van der Waals surface area contributed by atoms with Crippen molar-refractivity contribution in [1.29, 1.82) is 0 Å². The zero-order valence-electron chi connectivity index (χ0n) is 11.3. The normalized spacial score (nSPS) is 16.9. The van der Waals surface area contributed by atoms with Gasteiger partial charge in [0.25, 0.3) is 0 Å². The van der Waals surface area contributed by atoms with Crippen molar-refractivity contribution in [3.8, 4) is 0 Å². The van der Waals surface area contributed by atoms with Gasteiger partial charge in [0, 0.05) is 31.1 Å². The van der Waals surface area contributed by atoms with Gasteiger partial charge in [0.05, 0.1) is 13.2 Å². The maximum atomic E-state index is 12.0. The fourth-order valence-corrected chi connectivity index (χ4v) is 2.08. The number of benzene rings is 1. The number of nitrogens with two attached hydrogens (primary N) is 1. The van der Waals surface area contributed by atoms with E-state index in [1.165, 1.54) is 0 Å². The van der Waals surface area contributed by atoms with Crippen molar-refractivity contribution in [2.45, 2.75) is 13.3 Å². The third-order valence-corrected chi connectivity index (χ3v) is 3.25. The Morgan fingerprint density at radius 3 is 3.05 bits per heavy atom. The van der Waals surface area contributed by atoms with Crippen molar-refractivity contribution >= 4 is 17.3 Å². The second kappa shape index (κ2) is 6.54. The molecule has 0 aromatic heterocycles. The van der Waals surface area contributed by atoms with Gasteiger partial charge in [0.2, 0.25) is 5.91 Å². The average Bonchev–Trinajstić information content (AvgIpc) is 2.62. The van der Waals surface area contributed by atoms with Gasteiger partial charge in [-0.25, -0.2) is 0 Å². The van der Waals surface area contributed by atoms with Crippen LogP contribution in [0.15, 0.2) is 18.2 Å². The second-order valence-corrected chi connectivity index (χ2v) is 4.86. The largest absolute Gasteiger partial charge is 0.398 e. The number of ether oxygens (including phenoxy) is 1. The van der Waals surface area contributed by atoms with Gasteiger partial charge in [-0.15, -0.1) is 0 Å².